The van der Waals surface area contributed by atoms with E-state index in [1.165, 1.54) is 12.8 Å². The van der Waals surface area contributed by atoms with Crippen molar-refractivity contribution in [3.63, 3.8) is 0 Å². The van der Waals surface area contributed by atoms with E-state index in [1.54, 1.807) is 0 Å². The highest BCUT2D eigenvalue weighted by molar-refractivity contribution is 5.78. The molecule has 4 heteroatoms. The van der Waals surface area contributed by atoms with E-state index in [0.29, 0.717) is 18.9 Å². The van der Waals surface area contributed by atoms with Gasteiger partial charge >= 0.3 is 0 Å². The van der Waals surface area contributed by atoms with E-state index in [1.807, 2.05) is 6.07 Å². The maximum atomic E-state index is 8.27. The number of guanidine groups is 1. The van der Waals surface area contributed by atoms with Crippen LogP contribution < -0.4 is 5.73 Å². The number of likely N-dealkylation sites (tertiary alicyclic amines) is 1. The summed E-state index contributed by atoms with van der Waals surface area (Å²) in [6.45, 7) is 2.56. The summed E-state index contributed by atoms with van der Waals surface area (Å²) in [4.78, 5) is 6.16. The van der Waals surface area contributed by atoms with Gasteiger partial charge in [-0.1, -0.05) is 0 Å². The van der Waals surface area contributed by atoms with E-state index < -0.39 is 0 Å². The molecule has 0 spiro atoms. The van der Waals surface area contributed by atoms with Crippen molar-refractivity contribution < 1.29 is 0 Å². The van der Waals surface area contributed by atoms with E-state index in [-0.39, 0.29) is 0 Å². The van der Waals surface area contributed by atoms with Gasteiger partial charge in [0.15, 0.2) is 5.96 Å². The third kappa shape index (κ3) is 2.42. The molecule has 0 saturated carbocycles. The zero-order chi connectivity index (χ0) is 8.81. The van der Waals surface area contributed by atoms with Crippen molar-refractivity contribution in [3.05, 3.63) is 0 Å². The van der Waals surface area contributed by atoms with Gasteiger partial charge in [0.2, 0.25) is 0 Å². The highest BCUT2D eigenvalue weighted by Crippen LogP contribution is 2.06. The van der Waals surface area contributed by atoms with Crippen molar-refractivity contribution in [1.29, 1.82) is 5.26 Å². The molecular weight excluding hydrogens is 152 g/mol. The van der Waals surface area contributed by atoms with Crippen LogP contribution in [0.4, 0.5) is 0 Å². The van der Waals surface area contributed by atoms with Crippen molar-refractivity contribution >= 4 is 5.96 Å². The lowest BCUT2D eigenvalue weighted by atomic mass is 10.4. The first-order valence-electron chi connectivity index (χ1n) is 4.26. The Bertz CT molecular complexity index is 198. The third-order valence-electron chi connectivity index (χ3n) is 1.93. The quantitative estimate of drug-likeness (QED) is 0.365. The first kappa shape index (κ1) is 8.85. The zero-order valence-corrected chi connectivity index (χ0v) is 7.16. The second-order valence-electron chi connectivity index (χ2n) is 2.84. The molecule has 0 amide bonds. The largest absolute Gasteiger partial charge is 0.370 e. The Hall–Kier alpha value is -1.24. The van der Waals surface area contributed by atoms with Crippen molar-refractivity contribution in [2.45, 2.75) is 19.3 Å². The summed E-state index contributed by atoms with van der Waals surface area (Å²) < 4.78 is 0. The van der Waals surface area contributed by atoms with Gasteiger partial charge < -0.3 is 10.6 Å². The molecular formula is C8H14N4. The smallest absolute Gasteiger partial charge is 0.191 e. The molecule has 1 rings (SSSR count). The Morgan fingerprint density at radius 3 is 2.75 bits per heavy atom. The molecule has 0 aromatic rings. The summed E-state index contributed by atoms with van der Waals surface area (Å²) >= 11 is 0. The normalized spacial score (nSPS) is 17.9. The van der Waals surface area contributed by atoms with Crippen LogP contribution >= 0.6 is 0 Å². The van der Waals surface area contributed by atoms with Crippen LogP contribution in [0.5, 0.6) is 0 Å². The minimum atomic E-state index is 0.453. The van der Waals surface area contributed by atoms with Crippen LogP contribution in [0.2, 0.25) is 0 Å². The number of hydrogen-bond acceptors (Lipinski definition) is 2. The first-order valence-corrected chi connectivity index (χ1v) is 4.26. The maximum Gasteiger partial charge on any atom is 0.191 e. The van der Waals surface area contributed by atoms with E-state index in [0.717, 1.165) is 13.1 Å². The van der Waals surface area contributed by atoms with Crippen LogP contribution in [0.1, 0.15) is 19.3 Å². The van der Waals surface area contributed by atoms with Crippen molar-refractivity contribution in [3.8, 4) is 6.07 Å². The molecule has 1 aliphatic rings. The minimum Gasteiger partial charge on any atom is -0.370 e. The maximum absolute atomic E-state index is 8.27. The first-order chi connectivity index (χ1) is 5.84. The van der Waals surface area contributed by atoms with Gasteiger partial charge in [-0.15, -0.1) is 0 Å². The van der Waals surface area contributed by atoms with Crippen LogP contribution in [0.3, 0.4) is 0 Å². The number of aliphatic imine (C=N–C) groups is 1. The van der Waals surface area contributed by atoms with Crippen molar-refractivity contribution in [1.82, 2.24) is 4.90 Å². The molecule has 0 aromatic carbocycles. The highest BCUT2D eigenvalue weighted by Gasteiger charge is 2.12. The second kappa shape index (κ2) is 4.60. The summed E-state index contributed by atoms with van der Waals surface area (Å²) in [5.74, 6) is 0.600. The Morgan fingerprint density at radius 2 is 2.17 bits per heavy atom. The number of nitrogens with zero attached hydrogens (tertiary/aromatic N) is 3. The summed E-state index contributed by atoms with van der Waals surface area (Å²) in [7, 11) is 0. The number of nitrogens with two attached hydrogens (primary N) is 1. The molecule has 0 radical (unpaired) electrons. The molecule has 66 valence electrons. The van der Waals surface area contributed by atoms with Crippen LogP contribution in [-0.2, 0) is 0 Å². The number of nitriles is 1. The SMILES string of the molecule is N#CCCN=C(N)N1CCCC1. The topological polar surface area (TPSA) is 65.4 Å². The average Bonchev–Trinajstić information content (AvgIpc) is 2.56. The summed E-state index contributed by atoms with van der Waals surface area (Å²) in [6, 6.07) is 2.03. The Balaban J connectivity index is 2.30. The van der Waals surface area contributed by atoms with Gasteiger partial charge in [0.25, 0.3) is 0 Å². The van der Waals surface area contributed by atoms with Gasteiger partial charge in [-0.25, -0.2) is 0 Å². The Kier molecular flexibility index (Phi) is 3.39. The van der Waals surface area contributed by atoms with Gasteiger partial charge in [0.05, 0.1) is 19.0 Å². The fourth-order valence-corrected chi connectivity index (χ4v) is 1.27. The molecule has 1 aliphatic heterocycles. The standard InChI is InChI=1S/C8H14N4/c9-4-3-5-11-8(10)12-6-1-2-7-12/h1-3,5-7H2,(H2,10,11). The molecule has 4 nitrogen and oxygen atoms in total. The summed E-state index contributed by atoms with van der Waals surface area (Å²) in [6.07, 6.45) is 2.86. The van der Waals surface area contributed by atoms with Gasteiger partial charge in [-0.05, 0) is 12.8 Å². The predicted octanol–water partition coefficient (Wildman–Crippen LogP) is 0.311. The van der Waals surface area contributed by atoms with E-state index >= 15 is 0 Å². The Morgan fingerprint density at radius 1 is 1.50 bits per heavy atom. The Labute approximate surface area is 72.7 Å². The lowest BCUT2D eigenvalue weighted by molar-refractivity contribution is 0.510. The molecule has 1 fully saturated rings. The molecule has 0 atom stereocenters. The molecule has 0 bridgehead atoms. The van der Waals surface area contributed by atoms with Crippen LogP contribution in [0.15, 0.2) is 4.99 Å². The monoisotopic (exact) mass is 166 g/mol. The average molecular weight is 166 g/mol. The van der Waals surface area contributed by atoms with E-state index in [4.69, 9.17) is 11.0 Å². The minimum absolute atomic E-state index is 0.453. The zero-order valence-electron chi connectivity index (χ0n) is 7.16. The lowest BCUT2D eigenvalue weighted by Gasteiger charge is -2.15. The van der Waals surface area contributed by atoms with Gasteiger partial charge in [0.1, 0.15) is 0 Å². The van der Waals surface area contributed by atoms with Crippen molar-refractivity contribution in [2.75, 3.05) is 19.6 Å². The molecule has 1 saturated heterocycles. The van der Waals surface area contributed by atoms with Crippen LogP contribution in [-0.4, -0.2) is 30.5 Å². The highest BCUT2D eigenvalue weighted by atomic mass is 15.3. The predicted molar refractivity (Wildman–Crippen MR) is 47.5 cm³/mol. The molecule has 1 heterocycles. The molecule has 0 unspecified atom stereocenters. The van der Waals surface area contributed by atoms with E-state index in [2.05, 4.69) is 9.89 Å². The molecule has 0 aliphatic carbocycles. The van der Waals surface area contributed by atoms with Gasteiger partial charge in [0, 0.05) is 13.1 Å². The fourth-order valence-electron chi connectivity index (χ4n) is 1.27. The second-order valence-corrected chi connectivity index (χ2v) is 2.84. The lowest BCUT2D eigenvalue weighted by Crippen LogP contribution is -2.34. The number of hydrogen-bond donors (Lipinski definition) is 1. The molecule has 2 N–H and O–H groups in total. The number of rotatable bonds is 2. The van der Waals surface area contributed by atoms with Crippen LogP contribution in [0, 0.1) is 11.3 Å². The molecule has 12 heavy (non-hydrogen) atoms. The van der Waals surface area contributed by atoms with Gasteiger partial charge in [-0.2, -0.15) is 5.26 Å². The van der Waals surface area contributed by atoms with E-state index in [9.17, 15) is 0 Å². The third-order valence-corrected chi connectivity index (χ3v) is 1.93. The van der Waals surface area contributed by atoms with Gasteiger partial charge in [-0.3, -0.25) is 4.99 Å². The van der Waals surface area contributed by atoms with Crippen molar-refractivity contribution in [2.24, 2.45) is 10.7 Å². The fraction of sp³-hybridized carbons (Fsp3) is 0.750. The summed E-state index contributed by atoms with van der Waals surface area (Å²) in [5, 5.41) is 8.27. The summed E-state index contributed by atoms with van der Waals surface area (Å²) in [5.41, 5.74) is 5.69. The molecule has 0 aromatic heterocycles. The van der Waals surface area contributed by atoms with Crippen LogP contribution in [0.25, 0.3) is 0 Å².